The van der Waals surface area contributed by atoms with Gasteiger partial charge in [0.2, 0.25) is 5.88 Å². The van der Waals surface area contributed by atoms with E-state index in [1.807, 2.05) is 48.5 Å². The SMILES string of the molecule is O=C(Nc1cc(C(=O)NCc2ocnc2C(=O)O)no1)OCC1c2ccccc2-c2ccccc21. The van der Waals surface area contributed by atoms with E-state index in [-0.39, 0.29) is 42.1 Å². The van der Waals surface area contributed by atoms with Crippen LogP contribution in [-0.4, -0.2) is 39.8 Å². The number of carboxylic acids is 1. The first-order valence-electron chi connectivity index (χ1n) is 10.5. The molecule has 0 bridgehead atoms. The second kappa shape index (κ2) is 9.14. The summed E-state index contributed by atoms with van der Waals surface area (Å²) in [5.41, 5.74) is 3.96. The van der Waals surface area contributed by atoms with Gasteiger partial charge in [-0.05, 0) is 22.3 Å². The van der Waals surface area contributed by atoms with Crippen molar-refractivity contribution in [2.45, 2.75) is 12.5 Å². The molecule has 1 aliphatic rings. The van der Waals surface area contributed by atoms with Crippen LogP contribution in [0.15, 0.2) is 69.9 Å². The van der Waals surface area contributed by atoms with Crippen molar-refractivity contribution in [2.24, 2.45) is 0 Å². The number of rotatable bonds is 7. The summed E-state index contributed by atoms with van der Waals surface area (Å²) in [6.45, 7) is -0.104. The monoisotopic (exact) mass is 474 g/mol. The van der Waals surface area contributed by atoms with Gasteiger partial charge >= 0.3 is 12.1 Å². The number of carbonyl (C=O) groups excluding carboxylic acids is 2. The Labute approximate surface area is 197 Å². The topological polar surface area (TPSA) is 157 Å². The van der Waals surface area contributed by atoms with Gasteiger partial charge in [0.1, 0.15) is 6.61 Å². The summed E-state index contributed by atoms with van der Waals surface area (Å²) in [5, 5.41) is 17.5. The van der Waals surface area contributed by atoms with Crippen molar-refractivity contribution in [3.8, 4) is 11.1 Å². The number of benzene rings is 2. The van der Waals surface area contributed by atoms with Crippen molar-refractivity contribution in [1.82, 2.24) is 15.5 Å². The number of nitrogens with one attached hydrogen (secondary N) is 2. The molecule has 11 nitrogen and oxygen atoms in total. The zero-order chi connectivity index (χ0) is 24.4. The third-order valence-corrected chi connectivity index (χ3v) is 5.56. The third-order valence-electron chi connectivity index (χ3n) is 5.56. The number of aromatic carboxylic acids is 1. The Morgan fingerprint density at radius 3 is 2.40 bits per heavy atom. The number of fused-ring (bicyclic) bond motifs is 3. The Kier molecular flexibility index (Phi) is 5.71. The molecular weight excluding hydrogens is 456 g/mol. The number of ether oxygens (including phenoxy) is 1. The van der Waals surface area contributed by atoms with E-state index in [0.717, 1.165) is 28.6 Å². The van der Waals surface area contributed by atoms with E-state index in [0.29, 0.717) is 0 Å². The van der Waals surface area contributed by atoms with E-state index in [1.54, 1.807) is 0 Å². The molecule has 2 aromatic heterocycles. The summed E-state index contributed by atoms with van der Waals surface area (Å²) >= 11 is 0. The van der Waals surface area contributed by atoms with Gasteiger partial charge in [0.15, 0.2) is 23.5 Å². The molecule has 0 radical (unpaired) electrons. The quantitative estimate of drug-likeness (QED) is 0.364. The average molecular weight is 474 g/mol. The molecule has 0 fully saturated rings. The predicted molar refractivity (Wildman–Crippen MR) is 120 cm³/mol. The van der Waals surface area contributed by atoms with Crippen molar-refractivity contribution in [3.63, 3.8) is 0 Å². The summed E-state index contributed by atoms with van der Waals surface area (Å²) in [4.78, 5) is 39.2. The van der Waals surface area contributed by atoms with Gasteiger partial charge in [0, 0.05) is 12.0 Å². The maximum absolute atomic E-state index is 12.4. The highest BCUT2D eigenvalue weighted by Gasteiger charge is 2.29. The number of carbonyl (C=O) groups is 3. The molecule has 2 heterocycles. The largest absolute Gasteiger partial charge is 0.476 e. The molecule has 0 aliphatic heterocycles. The smallest absolute Gasteiger partial charge is 0.414 e. The summed E-state index contributed by atoms with van der Waals surface area (Å²) in [6.07, 6.45) is 0.208. The lowest BCUT2D eigenvalue weighted by atomic mass is 9.98. The highest BCUT2D eigenvalue weighted by molar-refractivity contribution is 5.94. The Morgan fingerprint density at radius 1 is 1.03 bits per heavy atom. The van der Waals surface area contributed by atoms with E-state index < -0.39 is 18.0 Å². The Bertz CT molecular complexity index is 1380. The standard InChI is InChI=1S/C24H18N4O7/c29-22(25-10-19-21(23(30)31)26-12-34-19)18-9-20(35-28-18)27-24(32)33-11-17-15-7-3-1-5-13(15)14-6-2-4-8-16(14)17/h1-9,12,17H,10-11H2,(H,25,29)(H,27,32)(H,30,31). The minimum Gasteiger partial charge on any atom is -0.476 e. The van der Waals surface area contributed by atoms with Gasteiger partial charge in [0.05, 0.1) is 6.54 Å². The van der Waals surface area contributed by atoms with E-state index in [2.05, 4.69) is 20.8 Å². The number of amides is 2. The van der Waals surface area contributed by atoms with E-state index in [4.69, 9.17) is 18.8 Å². The molecule has 1 aliphatic carbocycles. The van der Waals surface area contributed by atoms with Crippen LogP contribution in [0.1, 0.15) is 43.8 Å². The second-order valence-corrected chi connectivity index (χ2v) is 7.64. The number of hydrogen-bond acceptors (Lipinski definition) is 8. The molecule has 0 spiro atoms. The van der Waals surface area contributed by atoms with Gasteiger partial charge in [-0.25, -0.2) is 14.6 Å². The van der Waals surface area contributed by atoms with Crippen LogP contribution in [0.5, 0.6) is 0 Å². The van der Waals surface area contributed by atoms with Gasteiger partial charge in [0.25, 0.3) is 5.91 Å². The molecule has 0 saturated carbocycles. The van der Waals surface area contributed by atoms with E-state index in [1.165, 1.54) is 6.07 Å². The highest BCUT2D eigenvalue weighted by Crippen LogP contribution is 2.44. The van der Waals surface area contributed by atoms with Crippen LogP contribution in [0.3, 0.4) is 0 Å². The van der Waals surface area contributed by atoms with Crippen LogP contribution in [0, 0.1) is 0 Å². The molecule has 0 unspecified atom stereocenters. The van der Waals surface area contributed by atoms with Crippen molar-refractivity contribution < 1.29 is 33.2 Å². The zero-order valence-electron chi connectivity index (χ0n) is 18.1. The van der Waals surface area contributed by atoms with Crippen LogP contribution in [0.2, 0.25) is 0 Å². The minimum atomic E-state index is -1.28. The van der Waals surface area contributed by atoms with E-state index >= 15 is 0 Å². The Hall–Kier alpha value is -4.93. The van der Waals surface area contributed by atoms with Crippen LogP contribution >= 0.6 is 0 Å². The molecule has 5 rings (SSSR count). The maximum Gasteiger partial charge on any atom is 0.414 e. The van der Waals surface area contributed by atoms with Crippen molar-refractivity contribution >= 4 is 23.9 Å². The molecule has 35 heavy (non-hydrogen) atoms. The van der Waals surface area contributed by atoms with E-state index in [9.17, 15) is 14.4 Å². The number of oxazole rings is 1. The first-order chi connectivity index (χ1) is 17.0. The van der Waals surface area contributed by atoms with Crippen molar-refractivity contribution in [1.29, 1.82) is 0 Å². The highest BCUT2D eigenvalue weighted by atomic mass is 16.6. The second-order valence-electron chi connectivity index (χ2n) is 7.64. The Morgan fingerprint density at radius 2 is 1.71 bits per heavy atom. The molecule has 3 N–H and O–H groups in total. The fourth-order valence-corrected chi connectivity index (χ4v) is 4.00. The first-order valence-corrected chi connectivity index (χ1v) is 10.5. The van der Waals surface area contributed by atoms with Gasteiger partial charge in [-0.15, -0.1) is 0 Å². The Balaban J connectivity index is 1.17. The number of anilines is 1. The molecule has 0 saturated heterocycles. The van der Waals surface area contributed by atoms with Crippen molar-refractivity contribution in [2.75, 3.05) is 11.9 Å². The average Bonchev–Trinajstić information content (AvgIpc) is 3.59. The fraction of sp³-hybridized carbons (Fsp3) is 0.125. The number of aromatic nitrogens is 2. The fourth-order valence-electron chi connectivity index (χ4n) is 4.00. The summed E-state index contributed by atoms with van der Waals surface area (Å²) in [6, 6.07) is 17.2. The normalized spacial score (nSPS) is 12.0. The summed E-state index contributed by atoms with van der Waals surface area (Å²) in [5.74, 6) is -2.15. The summed E-state index contributed by atoms with van der Waals surface area (Å²) in [7, 11) is 0. The van der Waals surface area contributed by atoms with Crippen LogP contribution in [-0.2, 0) is 11.3 Å². The lowest BCUT2D eigenvalue weighted by Crippen LogP contribution is -2.23. The van der Waals surface area contributed by atoms with Gasteiger partial charge in [-0.3, -0.25) is 10.1 Å². The third kappa shape index (κ3) is 4.34. The molecule has 176 valence electrons. The molecule has 4 aromatic rings. The number of carboxylic acid groups (broad SMARTS) is 1. The maximum atomic E-state index is 12.4. The van der Waals surface area contributed by atoms with Gasteiger partial charge in [-0.1, -0.05) is 53.7 Å². The first kappa shape index (κ1) is 21.9. The van der Waals surface area contributed by atoms with Gasteiger partial charge < -0.3 is 24.1 Å². The molecular formula is C24H18N4O7. The lowest BCUT2D eigenvalue weighted by molar-refractivity contribution is 0.0687. The minimum absolute atomic E-state index is 0.0219. The molecule has 2 aromatic carbocycles. The summed E-state index contributed by atoms with van der Waals surface area (Å²) < 4.78 is 15.4. The molecule has 2 amide bonds. The van der Waals surface area contributed by atoms with Gasteiger partial charge in [-0.2, -0.15) is 0 Å². The zero-order valence-corrected chi connectivity index (χ0v) is 18.1. The van der Waals surface area contributed by atoms with Crippen LogP contribution in [0.4, 0.5) is 10.7 Å². The number of hydrogen-bond donors (Lipinski definition) is 3. The lowest BCUT2D eigenvalue weighted by Gasteiger charge is -2.13. The number of nitrogens with zero attached hydrogens (tertiary/aromatic N) is 2. The van der Waals surface area contributed by atoms with Crippen molar-refractivity contribution in [3.05, 3.63) is 89.3 Å². The van der Waals surface area contributed by atoms with Crippen LogP contribution in [0.25, 0.3) is 11.1 Å². The molecule has 11 heteroatoms. The predicted octanol–water partition coefficient (Wildman–Crippen LogP) is 3.65. The van der Waals surface area contributed by atoms with Crippen LogP contribution < -0.4 is 10.6 Å². The molecule has 0 atom stereocenters.